The van der Waals surface area contributed by atoms with E-state index >= 15 is 0 Å². The SMILES string of the molecule is CC(O)c1ccccc1NC(=O)[C@@H]1CCCCN1. The molecule has 1 aliphatic heterocycles. The molecule has 0 radical (unpaired) electrons. The van der Waals surface area contributed by atoms with Crippen molar-refractivity contribution in [1.29, 1.82) is 0 Å². The highest BCUT2D eigenvalue weighted by Crippen LogP contribution is 2.22. The van der Waals surface area contributed by atoms with Gasteiger partial charge in [-0.1, -0.05) is 24.6 Å². The number of hydrogen-bond donors (Lipinski definition) is 3. The van der Waals surface area contributed by atoms with Gasteiger partial charge in [-0.15, -0.1) is 0 Å². The molecule has 4 heteroatoms. The van der Waals surface area contributed by atoms with Crippen molar-refractivity contribution in [3.63, 3.8) is 0 Å². The van der Waals surface area contributed by atoms with Crippen molar-refractivity contribution in [3.05, 3.63) is 29.8 Å². The standard InChI is InChI=1S/C14H20N2O2/c1-10(17)11-6-2-3-7-12(11)16-14(18)13-8-4-5-9-15-13/h2-3,6-7,10,13,15,17H,4-5,8-9H2,1H3,(H,16,18)/t10?,13-/m0/s1. The predicted octanol–water partition coefficient (Wildman–Crippen LogP) is 1.82. The van der Waals surface area contributed by atoms with Crippen molar-refractivity contribution in [1.82, 2.24) is 5.32 Å². The number of rotatable bonds is 3. The highest BCUT2D eigenvalue weighted by molar-refractivity contribution is 5.95. The van der Waals surface area contributed by atoms with Crippen LogP contribution in [0, 0.1) is 0 Å². The van der Waals surface area contributed by atoms with E-state index in [2.05, 4.69) is 10.6 Å². The number of aliphatic hydroxyl groups is 1. The number of para-hydroxylation sites is 1. The van der Waals surface area contributed by atoms with Crippen molar-refractivity contribution in [2.75, 3.05) is 11.9 Å². The van der Waals surface area contributed by atoms with Gasteiger partial charge < -0.3 is 15.7 Å². The molecule has 3 N–H and O–H groups in total. The molecule has 1 aromatic rings. The zero-order valence-electron chi connectivity index (χ0n) is 10.6. The fourth-order valence-electron chi connectivity index (χ4n) is 2.27. The second kappa shape index (κ2) is 5.98. The summed E-state index contributed by atoms with van der Waals surface area (Å²) in [7, 11) is 0. The highest BCUT2D eigenvalue weighted by atomic mass is 16.3. The second-order valence-electron chi connectivity index (χ2n) is 4.75. The summed E-state index contributed by atoms with van der Waals surface area (Å²) in [6, 6.07) is 7.25. The molecule has 1 amide bonds. The Balaban J connectivity index is 2.06. The fourth-order valence-corrected chi connectivity index (χ4v) is 2.27. The number of piperidine rings is 1. The minimum atomic E-state index is -0.583. The molecule has 1 fully saturated rings. The molecule has 2 rings (SSSR count). The lowest BCUT2D eigenvalue weighted by molar-refractivity contribution is -0.118. The van der Waals surface area contributed by atoms with Gasteiger partial charge in [0.05, 0.1) is 12.1 Å². The Morgan fingerprint density at radius 1 is 1.44 bits per heavy atom. The second-order valence-corrected chi connectivity index (χ2v) is 4.75. The molecule has 98 valence electrons. The molecule has 1 unspecified atom stereocenters. The van der Waals surface area contributed by atoms with E-state index in [9.17, 15) is 9.90 Å². The number of carbonyl (C=O) groups excluding carboxylic acids is 1. The Morgan fingerprint density at radius 3 is 2.89 bits per heavy atom. The first-order chi connectivity index (χ1) is 8.68. The molecule has 18 heavy (non-hydrogen) atoms. The maximum absolute atomic E-state index is 12.1. The molecule has 1 heterocycles. The zero-order chi connectivity index (χ0) is 13.0. The van der Waals surface area contributed by atoms with Crippen LogP contribution in [0.1, 0.15) is 37.9 Å². The molecule has 0 spiro atoms. The third kappa shape index (κ3) is 3.09. The normalized spacial score (nSPS) is 21.3. The molecule has 2 atom stereocenters. The summed E-state index contributed by atoms with van der Waals surface area (Å²) in [6.07, 6.45) is 2.51. The van der Waals surface area contributed by atoms with Crippen LogP contribution in [0.3, 0.4) is 0 Å². The third-order valence-electron chi connectivity index (χ3n) is 3.30. The lowest BCUT2D eigenvalue weighted by Crippen LogP contribution is -2.43. The van der Waals surface area contributed by atoms with Crippen LogP contribution in [0.4, 0.5) is 5.69 Å². The van der Waals surface area contributed by atoms with E-state index in [1.165, 1.54) is 0 Å². The first-order valence-corrected chi connectivity index (χ1v) is 6.49. The van der Waals surface area contributed by atoms with Crippen molar-refractivity contribution < 1.29 is 9.90 Å². The number of nitrogens with one attached hydrogen (secondary N) is 2. The fraction of sp³-hybridized carbons (Fsp3) is 0.500. The summed E-state index contributed by atoms with van der Waals surface area (Å²) < 4.78 is 0. The van der Waals surface area contributed by atoms with E-state index in [1.54, 1.807) is 6.92 Å². The van der Waals surface area contributed by atoms with Crippen LogP contribution < -0.4 is 10.6 Å². The van der Waals surface area contributed by atoms with Crippen LogP contribution in [0.2, 0.25) is 0 Å². The van der Waals surface area contributed by atoms with Crippen molar-refractivity contribution >= 4 is 11.6 Å². The number of aliphatic hydroxyl groups excluding tert-OH is 1. The number of hydrogen-bond acceptors (Lipinski definition) is 3. The van der Waals surface area contributed by atoms with Crippen LogP contribution in [-0.4, -0.2) is 23.6 Å². The Morgan fingerprint density at radius 2 is 2.22 bits per heavy atom. The zero-order valence-corrected chi connectivity index (χ0v) is 10.6. The largest absolute Gasteiger partial charge is 0.389 e. The van der Waals surface area contributed by atoms with Crippen LogP contribution in [0.5, 0.6) is 0 Å². The Kier molecular flexibility index (Phi) is 4.33. The number of anilines is 1. The Hall–Kier alpha value is -1.39. The summed E-state index contributed by atoms with van der Waals surface area (Å²) in [5, 5.41) is 15.8. The first-order valence-electron chi connectivity index (χ1n) is 6.49. The molecule has 1 saturated heterocycles. The molecule has 0 aliphatic carbocycles. The average Bonchev–Trinajstić information content (AvgIpc) is 2.40. The number of carbonyl (C=O) groups is 1. The van der Waals surface area contributed by atoms with E-state index < -0.39 is 6.10 Å². The van der Waals surface area contributed by atoms with E-state index in [4.69, 9.17) is 0 Å². The van der Waals surface area contributed by atoms with Crippen LogP contribution >= 0.6 is 0 Å². The molecule has 1 aromatic carbocycles. The first kappa shape index (κ1) is 13.1. The number of benzene rings is 1. The van der Waals surface area contributed by atoms with Gasteiger partial charge in [0.25, 0.3) is 0 Å². The van der Waals surface area contributed by atoms with E-state index in [0.29, 0.717) is 5.69 Å². The summed E-state index contributed by atoms with van der Waals surface area (Å²) in [6.45, 7) is 2.60. The van der Waals surface area contributed by atoms with Crippen molar-refractivity contribution in [2.45, 2.75) is 38.3 Å². The lowest BCUT2D eigenvalue weighted by Gasteiger charge is -2.23. The van der Waals surface area contributed by atoms with Crippen LogP contribution in [0.25, 0.3) is 0 Å². The Labute approximate surface area is 107 Å². The van der Waals surface area contributed by atoms with Gasteiger partial charge >= 0.3 is 0 Å². The minimum absolute atomic E-state index is 0.0113. The van der Waals surface area contributed by atoms with Gasteiger partial charge in [0.1, 0.15) is 0 Å². The topological polar surface area (TPSA) is 61.4 Å². The molecule has 4 nitrogen and oxygen atoms in total. The number of amides is 1. The monoisotopic (exact) mass is 248 g/mol. The summed E-state index contributed by atoms with van der Waals surface area (Å²) in [5.74, 6) is -0.0113. The molecule has 0 aromatic heterocycles. The lowest BCUT2D eigenvalue weighted by atomic mass is 10.0. The van der Waals surface area contributed by atoms with Crippen molar-refractivity contribution in [3.8, 4) is 0 Å². The van der Waals surface area contributed by atoms with E-state index in [1.807, 2.05) is 24.3 Å². The summed E-state index contributed by atoms with van der Waals surface area (Å²) in [4.78, 5) is 12.1. The maximum atomic E-state index is 12.1. The van der Waals surface area contributed by atoms with Gasteiger partial charge in [-0.25, -0.2) is 0 Å². The molecule has 0 saturated carbocycles. The van der Waals surface area contributed by atoms with Gasteiger partial charge in [0.2, 0.25) is 5.91 Å². The van der Waals surface area contributed by atoms with Gasteiger partial charge in [-0.05, 0) is 32.4 Å². The van der Waals surface area contributed by atoms with Crippen LogP contribution in [-0.2, 0) is 4.79 Å². The van der Waals surface area contributed by atoms with Gasteiger partial charge in [0.15, 0.2) is 0 Å². The molecule has 1 aliphatic rings. The van der Waals surface area contributed by atoms with Crippen LogP contribution in [0.15, 0.2) is 24.3 Å². The van der Waals surface area contributed by atoms with Gasteiger partial charge in [0, 0.05) is 11.3 Å². The molecular weight excluding hydrogens is 228 g/mol. The minimum Gasteiger partial charge on any atom is -0.389 e. The average molecular weight is 248 g/mol. The highest BCUT2D eigenvalue weighted by Gasteiger charge is 2.21. The maximum Gasteiger partial charge on any atom is 0.241 e. The quantitative estimate of drug-likeness (QED) is 0.764. The van der Waals surface area contributed by atoms with Gasteiger partial charge in [-0.3, -0.25) is 4.79 Å². The van der Waals surface area contributed by atoms with E-state index in [-0.39, 0.29) is 11.9 Å². The predicted molar refractivity (Wildman–Crippen MR) is 71.3 cm³/mol. The molecular formula is C14H20N2O2. The third-order valence-corrected chi connectivity index (χ3v) is 3.30. The van der Waals surface area contributed by atoms with E-state index in [0.717, 1.165) is 31.4 Å². The summed E-state index contributed by atoms with van der Waals surface area (Å²) >= 11 is 0. The van der Waals surface area contributed by atoms with Gasteiger partial charge in [-0.2, -0.15) is 0 Å². The molecule has 0 bridgehead atoms. The Bertz CT molecular complexity index is 412. The van der Waals surface area contributed by atoms with Crippen molar-refractivity contribution in [2.24, 2.45) is 0 Å². The smallest absolute Gasteiger partial charge is 0.241 e. The summed E-state index contributed by atoms with van der Waals surface area (Å²) in [5.41, 5.74) is 1.45.